The number of oxime groups is 1. The van der Waals surface area contributed by atoms with Crippen molar-refractivity contribution in [2.24, 2.45) is 5.16 Å². The number of pyridine rings is 1. The van der Waals surface area contributed by atoms with E-state index >= 15 is 0 Å². The van der Waals surface area contributed by atoms with Crippen molar-refractivity contribution in [3.63, 3.8) is 0 Å². The summed E-state index contributed by atoms with van der Waals surface area (Å²) < 4.78 is 50.4. The standard InChI is InChI=1S/C14H9ClF4N2O/c15-11-5-8(1-4-12(11)16)13(21-22)6-10-3-2-9(7-20-10)14(17,18)19/h1-5,7,22H,6H2/b21-13-. The van der Waals surface area contributed by atoms with Crippen molar-refractivity contribution in [2.75, 3.05) is 0 Å². The summed E-state index contributed by atoms with van der Waals surface area (Å²) in [5.41, 5.74) is -0.158. The normalized spacial score (nSPS) is 12.5. The van der Waals surface area contributed by atoms with E-state index in [1.807, 2.05) is 0 Å². The first-order chi connectivity index (χ1) is 10.3. The highest BCUT2D eigenvalue weighted by molar-refractivity contribution is 6.31. The van der Waals surface area contributed by atoms with Gasteiger partial charge in [0, 0.05) is 23.9 Å². The zero-order chi connectivity index (χ0) is 16.3. The quantitative estimate of drug-likeness (QED) is 0.394. The Labute approximate surface area is 127 Å². The fraction of sp³-hybridized carbons (Fsp3) is 0.143. The minimum Gasteiger partial charge on any atom is -0.411 e. The molecule has 22 heavy (non-hydrogen) atoms. The maximum absolute atomic E-state index is 13.1. The van der Waals surface area contributed by atoms with Crippen molar-refractivity contribution >= 4 is 17.3 Å². The van der Waals surface area contributed by atoms with E-state index in [0.29, 0.717) is 11.8 Å². The molecule has 1 aromatic carbocycles. The lowest BCUT2D eigenvalue weighted by Gasteiger charge is -2.08. The van der Waals surface area contributed by atoms with Crippen molar-refractivity contribution in [1.29, 1.82) is 0 Å². The van der Waals surface area contributed by atoms with Gasteiger partial charge in [0.15, 0.2) is 0 Å². The lowest BCUT2D eigenvalue weighted by atomic mass is 10.0. The number of nitrogens with zero attached hydrogens (tertiary/aromatic N) is 2. The average molecular weight is 333 g/mol. The van der Waals surface area contributed by atoms with Gasteiger partial charge in [-0.2, -0.15) is 13.2 Å². The molecule has 0 saturated heterocycles. The molecule has 116 valence electrons. The molecule has 0 aliphatic heterocycles. The van der Waals surface area contributed by atoms with Crippen molar-refractivity contribution in [2.45, 2.75) is 12.6 Å². The third kappa shape index (κ3) is 3.73. The summed E-state index contributed by atoms with van der Waals surface area (Å²) in [5, 5.41) is 11.9. The number of rotatable bonds is 3. The number of hydrogen-bond donors (Lipinski definition) is 1. The summed E-state index contributed by atoms with van der Waals surface area (Å²) in [6, 6.07) is 5.77. The van der Waals surface area contributed by atoms with Crippen LogP contribution in [-0.2, 0) is 12.6 Å². The summed E-state index contributed by atoms with van der Waals surface area (Å²) in [7, 11) is 0. The largest absolute Gasteiger partial charge is 0.417 e. The minimum absolute atomic E-state index is 0.0312. The van der Waals surface area contributed by atoms with Crippen molar-refractivity contribution in [3.8, 4) is 0 Å². The Kier molecular flexibility index (Phi) is 4.65. The molecular formula is C14H9ClF4N2O. The predicted molar refractivity (Wildman–Crippen MR) is 72.7 cm³/mol. The van der Waals surface area contributed by atoms with Crippen LogP contribution in [0.5, 0.6) is 0 Å². The molecule has 1 aromatic heterocycles. The molecule has 0 radical (unpaired) electrons. The first-order valence-electron chi connectivity index (χ1n) is 5.99. The van der Waals surface area contributed by atoms with Gasteiger partial charge in [0.1, 0.15) is 5.82 Å². The lowest BCUT2D eigenvalue weighted by Crippen LogP contribution is -2.09. The second-order valence-electron chi connectivity index (χ2n) is 4.39. The van der Waals surface area contributed by atoms with Crippen LogP contribution in [0.15, 0.2) is 41.7 Å². The number of halogens is 5. The maximum atomic E-state index is 13.1. The molecule has 0 amide bonds. The summed E-state index contributed by atoms with van der Waals surface area (Å²) >= 11 is 5.64. The molecule has 0 atom stereocenters. The Hall–Kier alpha value is -2.15. The molecule has 2 rings (SSSR count). The zero-order valence-corrected chi connectivity index (χ0v) is 11.7. The lowest BCUT2D eigenvalue weighted by molar-refractivity contribution is -0.137. The van der Waals surface area contributed by atoms with Crippen molar-refractivity contribution in [3.05, 3.63) is 64.2 Å². The SMILES string of the molecule is O/N=C(/Cc1ccc(C(F)(F)F)cn1)c1ccc(F)c(Cl)c1. The van der Waals surface area contributed by atoms with E-state index in [-0.39, 0.29) is 22.8 Å². The number of aromatic nitrogens is 1. The molecule has 1 N–H and O–H groups in total. The van der Waals surface area contributed by atoms with Gasteiger partial charge < -0.3 is 5.21 Å². The van der Waals surface area contributed by atoms with Gasteiger partial charge in [-0.25, -0.2) is 4.39 Å². The second kappa shape index (κ2) is 6.31. The zero-order valence-electron chi connectivity index (χ0n) is 10.9. The van der Waals surface area contributed by atoms with Crippen LogP contribution in [0.2, 0.25) is 5.02 Å². The highest BCUT2D eigenvalue weighted by Crippen LogP contribution is 2.28. The molecule has 0 aliphatic carbocycles. The van der Waals surface area contributed by atoms with E-state index in [1.54, 1.807) is 0 Å². The van der Waals surface area contributed by atoms with Crippen molar-refractivity contribution < 1.29 is 22.8 Å². The molecule has 2 aromatic rings. The van der Waals surface area contributed by atoms with Crippen LogP contribution in [-0.4, -0.2) is 15.9 Å². The Morgan fingerprint density at radius 1 is 1.23 bits per heavy atom. The fourth-order valence-electron chi connectivity index (χ4n) is 1.74. The second-order valence-corrected chi connectivity index (χ2v) is 4.80. The van der Waals surface area contributed by atoms with E-state index in [4.69, 9.17) is 16.8 Å². The van der Waals surface area contributed by atoms with Crippen LogP contribution < -0.4 is 0 Å². The Bertz CT molecular complexity index is 699. The third-order valence-corrected chi connectivity index (χ3v) is 3.16. The summed E-state index contributed by atoms with van der Waals surface area (Å²) in [6.45, 7) is 0. The molecule has 0 saturated carbocycles. The predicted octanol–water partition coefficient (Wildman–Crippen LogP) is 4.31. The molecule has 0 aliphatic rings. The summed E-state index contributed by atoms with van der Waals surface area (Å²) in [4.78, 5) is 3.68. The first-order valence-corrected chi connectivity index (χ1v) is 6.37. The third-order valence-electron chi connectivity index (χ3n) is 2.87. The van der Waals surface area contributed by atoms with Gasteiger partial charge in [0.25, 0.3) is 0 Å². The summed E-state index contributed by atoms with van der Waals surface area (Å²) in [5.74, 6) is -0.629. The van der Waals surface area contributed by atoms with Gasteiger partial charge in [-0.3, -0.25) is 4.98 Å². The molecule has 0 unspecified atom stereocenters. The van der Waals surface area contributed by atoms with Gasteiger partial charge in [-0.05, 0) is 24.3 Å². The molecule has 0 bridgehead atoms. The van der Waals surface area contributed by atoms with Crippen LogP contribution in [0.4, 0.5) is 17.6 Å². The van der Waals surface area contributed by atoms with Gasteiger partial charge in [0.05, 0.1) is 16.3 Å². The fourth-order valence-corrected chi connectivity index (χ4v) is 1.92. The Balaban J connectivity index is 2.22. The van der Waals surface area contributed by atoms with Crippen LogP contribution in [0.1, 0.15) is 16.8 Å². The molecule has 8 heteroatoms. The Morgan fingerprint density at radius 3 is 2.45 bits per heavy atom. The maximum Gasteiger partial charge on any atom is 0.417 e. The minimum atomic E-state index is -4.47. The van der Waals surface area contributed by atoms with E-state index in [2.05, 4.69) is 10.1 Å². The van der Waals surface area contributed by atoms with Crippen LogP contribution in [0, 0.1) is 5.82 Å². The van der Waals surface area contributed by atoms with Gasteiger partial charge >= 0.3 is 6.18 Å². The van der Waals surface area contributed by atoms with E-state index in [9.17, 15) is 17.6 Å². The van der Waals surface area contributed by atoms with E-state index < -0.39 is 17.6 Å². The first kappa shape index (κ1) is 16.2. The topological polar surface area (TPSA) is 45.5 Å². The van der Waals surface area contributed by atoms with E-state index in [0.717, 1.165) is 12.1 Å². The Morgan fingerprint density at radius 2 is 1.95 bits per heavy atom. The van der Waals surface area contributed by atoms with Crippen LogP contribution in [0.3, 0.4) is 0 Å². The molecule has 3 nitrogen and oxygen atoms in total. The number of hydrogen-bond acceptors (Lipinski definition) is 3. The van der Waals surface area contributed by atoms with Gasteiger partial charge in [-0.15, -0.1) is 0 Å². The summed E-state index contributed by atoms with van der Waals surface area (Å²) in [6.07, 6.45) is -3.80. The van der Waals surface area contributed by atoms with Crippen LogP contribution >= 0.6 is 11.6 Å². The number of alkyl halides is 3. The molecule has 0 fully saturated rings. The van der Waals surface area contributed by atoms with Gasteiger partial charge in [-0.1, -0.05) is 22.8 Å². The van der Waals surface area contributed by atoms with Crippen molar-refractivity contribution in [1.82, 2.24) is 4.98 Å². The van der Waals surface area contributed by atoms with Crippen LogP contribution in [0.25, 0.3) is 0 Å². The highest BCUT2D eigenvalue weighted by atomic mass is 35.5. The van der Waals surface area contributed by atoms with Gasteiger partial charge in [0.2, 0.25) is 0 Å². The monoisotopic (exact) mass is 332 g/mol. The number of benzene rings is 1. The molecule has 1 heterocycles. The average Bonchev–Trinajstić information content (AvgIpc) is 2.47. The smallest absolute Gasteiger partial charge is 0.411 e. The highest BCUT2D eigenvalue weighted by Gasteiger charge is 2.30. The molecule has 0 spiro atoms. The molecular weight excluding hydrogens is 324 g/mol. The van der Waals surface area contributed by atoms with E-state index in [1.165, 1.54) is 18.2 Å².